The van der Waals surface area contributed by atoms with Gasteiger partial charge in [0.2, 0.25) is 0 Å². The number of anilines is 1. The Morgan fingerprint density at radius 1 is 1.19 bits per heavy atom. The van der Waals surface area contributed by atoms with Crippen LogP contribution < -0.4 is 5.32 Å². The summed E-state index contributed by atoms with van der Waals surface area (Å²) in [5, 5.41) is 6.63. The van der Waals surface area contributed by atoms with Crippen molar-refractivity contribution in [1.82, 2.24) is 4.98 Å². The van der Waals surface area contributed by atoms with E-state index >= 15 is 0 Å². The normalized spacial score (nSPS) is 11.1. The molecule has 136 valence electrons. The van der Waals surface area contributed by atoms with Crippen molar-refractivity contribution in [3.05, 3.63) is 69.3 Å². The van der Waals surface area contributed by atoms with Crippen molar-refractivity contribution in [3.8, 4) is 11.3 Å². The molecule has 0 saturated heterocycles. The number of benzene rings is 2. The van der Waals surface area contributed by atoms with Gasteiger partial charge in [0.05, 0.1) is 10.7 Å². The molecule has 2 heterocycles. The van der Waals surface area contributed by atoms with Gasteiger partial charge in [0.1, 0.15) is 0 Å². The predicted octanol–water partition coefficient (Wildman–Crippen LogP) is 6.39. The Labute approximate surface area is 165 Å². The molecule has 2 aromatic heterocycles. The summed E-state index contributed by atoms with van der Waals surface area (Å²) in [6.45, 7) is 5.95. The number of aryl methyl sites for hydroxylation is 3. The molecule has 4 nitrogen and oxygen atoms in total. The van der Waals surface area contributed by atoms with E-state index in [2.05, 4.69) is 28.5 Å². The first-order valence-electron chi connectivity index (χ1n) is 8.46. The number of rotatable bonds is 3. The summed E-state index contributed by atoms with van der Waals surface area (Å²) in [6, 6.07) is 11.7. The van der Waals surface area contributed by atoms with Crippen LogP contribution in [0.15, 0.2) is 46.2 Å². The Morgan fingerprint density at radius 3 is 2.78 bits per heavy atom. The Hall–Kier alpha value is -2.63. The number of carbonyl (C=O) groups is 1. The zero-order valence-corrected chi connectivity index (χ0v) is 16.7. The highest BCUT2D eigenvalue weighted by Crippen LogP contribution is 2.32. The third-order valence-electron chi connectivity index (χ3n) is 4.52. The van der Waals surface area contributed by atoms with E-state index in [0.29, 0.717) is 15.7 Å². The minimum absolute atomic E-state index is 0.251. The molecule has 0 bridgehead atoms. The number of amides is 1. The van der Waals surface area contributed by atoms with Crippen LogP contribution in [0.25, 0.3) is 22.2 Å². The van der Waals surface area contributed by atoms with Gasteiger partial charge in [-0.3, -0.25) is 10.1 Å². The Kier molecular flexibility index (Phi) is 4.50. The predicted molar refractivity (Wildman–Crippen MR) is 111 cm³/mol. The summed E-state index contributed by atoms with van der Waals surface area (Å²) in [7, 11) is 0. The lowest BCUT2D eigenvalue weighted by Crippen LogP contribution is -2.11. The molecule has 0 spiro atoms. The Morgan fingerprint density at radius 2 is 2.00 bits per heavy atom. The summed E-state index contributed by atoms with van der Waals surface area (Å²) < 4.78 is 5.72. The highest BCUT2D eigenvalue weighted by molar-refractivity contribution is 7.14. The van der Waals surface area contributed by atoms with E-state index in [4.69, 9.17) is 16.0 Å². The third kappa shape index (κ3) is 3.24. The lowest BCUT2D eigenvalue weighted by Gasteiger charge is -2.04. The number of furan rings is 1. The van der Waals surface area contributed by atoms with Gasteiger partial charge in [0.15, 0.2) is 16.5 Å². The average Bonchev–Trinajstić information content (AvgIpc) is 3.23. The van der Waals surface area contributed by atoms with Crippen molar-refractivity contribution >= 4 is 44.9 Å². The first-order valence-corrected chi connectivity index (χ1v) is 9.72. The number of thiazole rings is 1. The van der Waals surface area contributed by atoms with E-state index in [0.717, 1.165) is 27.8 Å². The van der Waals surface area contributed by atoms with Gasteiger partial charge in [0.25, 0.3) is 5.91 Å². The summed E-state index contributed by atoms with van der Waals surface area (Å²) in [4.78, 5) is 17.3. The monoisotopic (exact) mass is 396 g/mol. The fourth-order valence-corrected chi connectivity index (χ4v) is 3.96. The highest BCUT2D eigenvalue weighted by atomic mass is 35.5. The van der Waals surface area contributed by atoms with Crippen LogP contribution in [0.5, 0.6) is 0 Å². The number of hydrogen-bond donors (Lipinski definition) is 1. The van der Waals surface area contributed by atoms with Crippen molar-refractivity contribution in [3.63, 3.8) is 0 Å². The van der Waals surface area contributed by atoms with Crippen LogP contribution in [0, 0.1) is 20.8 Å². The molecular weight excluding hydrogens is 380 g/mol. The largest absolute Gasteiger partial charge is 0.449 e. The summed E-state index contributed by atoms with van der Waals surface area (Å²) in [5.41, 5.74) is 5.52. The van der Waals surface area contributed by atoms with Crippen LogP contribution in [0.2, 0.25) is 5.02 Å². The second-order valence-electron chi connectivity index (χ2n) is 6.48. The molecule has 0 saturated carbocycles. The SMILES string of the molecule is Cc1ccc(C)c(-c2csc(NC(=O)c3oc4c(Cl)cccc4c3C)n2)c1. The van der Waals surface area contributed by atoms with Crippen LogP contribution in [0.4, 0.5) is 5.13 Å². The molecule has 2 aromatic carbocycles. The van der Waals surface area contributed by atoms with Gasteiger partial charge < -0.3 is 4.42 Å². The number of halogens is 1. The minimum atomic E-state index is -0.332. The molecule has 1 amide bonds. The number of carbonyl (C=O) groups excluding carboxylic acids is 1. The van der Waals surface area contributed by atoms with Crippen LogP contribution in [0.3, 0.4) is 0 Å². The molecule has 1 N–H and O–H groups in total. The van der Waals surface area contributed by atoms with Gasteiger partial charge in [-0.25, -0.2) is 4.98 Å². The summed E-state index contributed by atoms with van der Waals surface area (Å²) in [5.74, 6) is -0.0804. The standard InChI is InChI=1S/C21H17ClN2O2S/c1-11-7-8-12(2)15(9-11)17-10-27-21(23-17)24-20(25)18-13(3)14-5-4-6-16(22)19(14)26-18/h4-10H,1-3H3,(H,23,24,25). The molecule has 4 aromatic rings. The zero-order valence-electron chi connectivity index (χ0n) is 15.1. The minimum Gasteiger partial charge on any atom is -0.449 e. The molecule has 0 aliphatic carbocycles. The van der Waals surface area contributed by atoms with Crippen molar-refractivity contribution in [2.75, 3.05) is 5.32 Å². The van der Waals surface area contributed by atoms with E-state index in [-0.39, 0.29) is 11.7 Å². The molecule has 4 rings (SSSR count). The molecular formula is C21H17ClN2O2S. The Bertz CT molecular complexity index is 1180. The molecule has 0 radical (unpaired) electrons. The first kappa shape index (κ1) is 17.8. The first-order chi connectivity index (χ1) is 12.9. The van der Waals surface area contributed by atoms with Crippen molar-refractivity contribution in [2.24, 2.45) is 0 Å². The number of fused-ring (bicyclic) bond motifs is 1. The second-order valence-corrected chi connectivity index (χ2v) is 7.75. The summed E-state index contributed by atoms with van der Waals surface area (Å²) >= 11 is 7.56. The van der Waals surface area contributed by atoms with E-state index in [1.54, 1.807) is 6.07 Å². The van der Waals surface area contributed by atoms with Gasteiger partial charge in [-0.05, 0) is 38.5 Å². The second kappa shape index (κ2) is 6.83. The van der Waals surface area contributed by atoms with Gasteiger partial charge in [-0.1, -0.05) is 41.4 Å². The van der Waals surface area contributed by atoms with Gasteiger partial charge in [0, 0.05) is 21.9 Å². The average molecular weight is 397 g/mol. The van der Waals surface area contributed by atoms with Crippen molar-refractivity contribution in [2.45, 2.75) is 20.8 Å². The van der Waals surface area contributed by atoms with Crippen LogP contribution in [-0.2, 0) is 0 Å². The molecule has 0 aliphatic rings. The van der Waals surface area contributed by atoms with Gasteiger partial charge in [-0.2, -0.15) is 0 Å². The molecule has 0 atom stereocenters. The fraction of sp³-hybridized carbons (Fsp3) is 0.143. The molecule has 27 heavy (non-hydrogen) atoms. The van der Waals surface area contributed by atoms with Crippen molar-refractivity contribution < 1.29 is 9.21 Å². The van der Waals surface area contributed by atoms with Crippen LogP contribution >= 0.6 is 22.9 Å². The van der Waals surface area contributed by atoms with Gasteiger partial charge >= 0.3 is 0 Å². The maximum absolute atomic E-state index is 12.7. The molecule has 0 aliphatic heterocycles. The quantitative estimate of drug-likeness (QED) is 0.436. The molecule has 0 unspecified atom stereocenters. The zero-order chi connectivity index (χ0) is 19.1. The number of nitrogens with zero attached hydrogens (tertiary/aromatic N) is 1. The highest BCUT2D eigenvalue weighted by Gasteiger charge is 2.20. The number of nitrogens with one attached hydrogen (secondary N) is 1. The number of para-hydroxylation sites is 1. The van der Waals surface area contributed by atoms with Crippen LogP contribution in [-0.4, -0.2) is 10.9 Å². The van der Waals surface area contributed by atoms with E-state index in [9.17, 15) is 4.79 Å². The number of hydrogen-bond acceptors (Lipinski definition) is 4. The van der Waals surface area contributed by atoms with E-state index in [1.807, 2.05) is 38.3 Å². The lowest BCUT2D eigenvalue weighted by atomic mass is 10.0. The molecule has 0 fully saturated rings. The van der Waals surface area contributed by atoms with Crippen molar-refractivity contribution in [1.29, 1.82) is 0 Å². The smallest absolute Gasteiger partial charge is 0.293 e. The van der Waals surface area contributed by atoms with Gasteiger partial charge in [-0.15, -0.1) is 11.3 Å². The number of aromatic nitrogens is 1. The Balaban J connectivity index is 1.63. The van der Waals surface area contributed by atoms with E-state index < -0.39 is 0 Å². The lowest BCUT2D eigenvalue weighted by molar-refractivity contribution is 0.0998. The maximum atomic E-state index is 12.7. The topological polar surface area (TPSA) is 55.1 Å². The maximum Gasteiger partial charge on any atom is 0.293 e. The van der Waals surface area contributed by atoms with Crippen LogP contribution in [0.1, 0.15) is 27.2 Å². The fourth-order valence-electron chi connectivity index (χ4n) is 3.05. The molecule has 6 heteroatoms. The summed E-state index contributed by atoms with van der Waals surface area (Å²) in [6.07, 6.45) is 0. The third-order valence-corrected chi connectivity index (χ3v) is 5.57. The van der Waals surface area contributed by atoms with E-state index in [1.165, 1.54) is 16.9 Å².